The minimum atomic E-state index is -0.554. The highest BCUT2D eigenvalue weighted by atomic mass is 16.3. The van der Waals surface area contributed by atoms with E-state index in [2.05, 4.69) is 17.1 Å². The van der Waals surface area contributed by atoms with Gasteiger partial charge in [-0.3, -0.25) is 4.90 Å². The molecule has 3 heteroatoms. The summed E-state index contributed by atoms with van der Waals surface area (Å²) in [6.45, 7) is 9.67. The van der Waals surface area contributed by atoms with Crippen molar-refractivity contribution in [2.75, 3.05) is 19.6 Å². The molecule has 2 aliphatic heterocycles. The van der Waals surface area contributed by atoms with Crippen molar-refractivity contribution >= 4 is 0 Å². The lowest BCUT2D eigenvalue weighted by Gasteiger charge is -2.43. The van der Waals surface area contributed by atoms with Gasteiger partial charge in [0.2, 0.25) is 0 Å². The molecule has 0 bridgehead atoms. The van der Waals surface area contributed by atoms with E-state index in [4.69, 9.17) is 0 Å². The second-order valence-electron chi connectivity index (χ2n) is 6.09. The molecule has 0 aliphatic carbocycles. The Bertz CT molecular complexity index is 237. The van der Waals surface area contributed by atoms with Crippen LogP contribution in [0.4, 0.5) is 0 Å². The summed E-state index contributed by atoms with van der Waals surface area (Å²) in [6, 6.07) is 1.03. The number of hydrogen-bond acceptors (Lipinski definition) is 3. The van der Waals surface area contributed by atoms with E-state index in [1.807, 2.05) is 13.8 Å². The molecule has 1 unspecified atom stereocenters. The van der Waals surface area contributed by atoms with Crippen molar-refractivity contribution in [3.05, 3.63) is 0 Å². The average molecular weight is 226 g/mol. The maximum atomic E-state index is 10.2. The second-order valence-corrected chi connectivity index (χ2v) is 6.09. The SMILES string of the molecule is C[C@H]1CNCCC1N1CCC[C@H]1C(C)(C)O. The zero-order chi connectivity index (χ0) is 11.8. The van der Waals surface area contributed by atoms with E-state index in [0.29, 0.717) is 18.0 Å². The normalized spacial score (nSPS) is 37.9. The summed E-state index contributed by atoms with van der Waals surface area (Å²) >= 11 is 0. The molecule has 0 radical (unpaired) electrons. The lowest BCUT2D eigenvalue weighted by molar-refractivity contribution is -0.0298. The van der Waals surface area contributed by atoms with Gasteiger partial charge in [0.15, 0.2) is 0 Å². The fourth-order valence-corrected chi connectivity index (χ4v) is 3.44. The van der Waals surface area contributed by atoms with E-state index in [0.717, 1.165) is 19.5 Å². The van der Waals surface area contributed by atoms with Crippen LogP contribution in [0.25, 0.3) is 0 Å². The van der Waals surface area contributed by atoms with E-state index < -0.39 is 5.60 Å². The lowest BCUT2D eigenvalue weighted by atomic mass is 9.89. The molecular formula is C13H26N2O. The van der Waals surface area contributed by atoms with Crippen LogP contribution in [-0.4, -0.2) is 47.3 Å². The van der Waals surface area contributed by atoms with Crippen LogP contribution in [0.2, 0.25) is 0 Å². The number of rotatable bonds is 2. The molecule has 0 saturated carbocycles. The third kappa shape index (κ3) is 2.41. The zero-order valence-corrected chi connectivity index (χ0v) is 10.9. The highest BCUT2D eigenvalue weighted by Crippen LogP contribution is 2.32. The van der Waals surface area contributed by atoms with Crippen molar-refractivity contribution in [1.29, 1.82) is 0 Å². The molecule has 3 atom stereocenters. The van der Waals surface area contributed by atoms with Crippen molar-refractivity contribution in [3.8, 4) is 0 Å². The molecule has 2 fully saturated rings. The summed E-state index contributed by atoms with van der Waals surface area (Å²) < 4.78 is 0. The topological polar surface area (TPSA) is 35.5 Å². The molecule has 0 aromatic heterocycles. The van der Waals surface area contributed by atoms with Crippen LogP contribution in [0.5, 0.6) is 0 Å². The Balaban J connectivity index is 2.07. The van der Waals surface area contributed by atoms with Crippen molar-refractivity contribution in [2.24, 2.45) is 5.92 Å². The van der Waals surface area contributed by atoms with Crippen LogP contribution < -0.4 is 5.32 Å². The summed E-state index contributed by atoms with van der Waals surface area (Å²) in [5, 5.41) is 13.7. The Hall–Kier alpha value is -0.120. The Labute approximate surface area is 99.2 Å². The van der Waals surface area contributed by atoms with Gasteiger partial charge in [-0.15, -0.1) is 0 Å². The first-order chi connectivity index (χ1) is 7.50. The lowest BCUT2D eigenvalue weighted by Crippen LogP contribution is -2.55. The quantitative estimate of drug-likeness (QED) is 0.743. The fraction of sp³-hybridized carbons (Fsp3) is 1.00. The van der Waals surface area contributed by atoms with Gasteiger partial charge in [0.05, 0.1) is 5.60 Å². The molecule has 2 aliphatic rings. The third-order valence-corrected chi connectivity index (χ3v) is 4.28. The number of likely N-dealkylation sites (tertiary alicyclic amines) is 1. The second kappa shape index (κ2) is 4.63. The van der Waals surface area contributed by atoms with Crippen LogP contribution in [0.1, 0.15) is 40.0 Å². The molecule has 2 rings (SSSR count). The molecule has 16 heavy (non-hydrogen) atoms. The molecule has 2 N–H and O–H groups in total. The van der Waals surface area contributed by atoms with Crippen LogP contribution in [0, 0.1) is 5.92 Å². The maximum absolute atomic E-state index is 10.2. The summed E-state index contributed by atoms with van der Waals surface area (Å²) in [6.07, 6.45) is 3.62. The van der Waals surface area contributed by atoms with E-state index >= 15 is 0 Å². The zero-order valence-electron chi connectivity index (χ0n) is 10.9. The molecule has 2 saturated heterocycles. The fourth-order valence-electron chi connectivity index (χ4n) is 3.44. The van der Waals surface area contributed by atoms with E-state index in [9.17, 15) is 5.11 Å². The van der Waals surface area contributed by atoms with Gasteiger partial charge in [0.25, 0.3) is 0 Å². The van der Waals surface area contributed by atoms with Crippen LogP contribution >= 0.6 is 0 Å². The number of nitrogens with one attached hydrogen (secondary N) is 1. The van der Waals surface area contributed by atoms with Crippen LogP contribution in [0.3, 0.4) is 0 Å². The van der Waals surface area contributed by atoms with Gasteiger partial charge in [-0.25, -0.2) is 0 Å². The molecule has 0 spiro atoms. The van der Waals surface area contributed by atoms with Gasteiger partial charge >= 0.3 is 0 Å². The Kier molecular flexibility index (Phi) is 3.57. The van der Waals surface area contributed by atoms with Crippen molar-refractivity contribution < 1.29 is 5.11 Å². The minimum Gasteiger partial charge on any atom is -0.389 e. The van der Waals surface area contributed by atoms with Gasteiger partial charge in [0, 0.05) is 12.1 Å². The largest absolute Gasteiger partial charge is 0.389 e. The number of nitrogens with zero attached hydrogens (tertiary/aromatic N) is 1. The van der Waals surface area contributed by atoms with E-state index in [1.165, 1.54) is 19.4 Å². The van der Waals surface area contributed by atoms with Crippen molar-refractivity contribution in [1.82, 2.24) is 10.2 Å². The number of aliphatic hydroxyl groups is 1. The first kappa shape index (κ1) is 12.3. The molecule has 0 aromatic carbocycles. The van der Waals surface area contributed by atoms with Crippen molar-refractivity contribution in [2.45, 2.75) is 57.7 Å². The monoisotopic (exact) mass is 226 g/mol. The Morgan fingerprint density at radius 1 is 1.31 bits per heavy atom. The van der Waals surface area contributed by atoms with Gasteiger partial charge < -0.3 is 10.4 Å². The summed E-state index contributed by atoms with van der Waals surface area (Å²) in [4.78, 5) is 2.57. The summed E-state index contributed by atoms with van der Waals surface area (Å²) in [5.74, 6) is 0.705. The van der Waals surface area contributed by atoms with Gasteiger partial charge in [-0.2, -0.15) is 0 Å². The van der Waals surface area contributed by atoms with Crippen LogP contribution in [-0.2, 0) is 0 Å². The van der Waals surface area contributed by atoms with E-state index in [-0.39, 0.29) is 0 Å². The van der Waals surface area contributed by atoms with Crippen LogP contribution in [0.15, 0.2) is 0 Å². The average Bonchev–Trinajstić information content (AvgIpc) is 2.66. The van der Waals surface area contributed by atoms with Gasteiger partial charge in [-0.1, -0.05) is 6.92 Å². The summed E-state index contributed by atoms with van der Waals surface area (Å²) in [5.41, 5.74) is -0.554. The predicted octanol–water partition coefficient (Wildman–Crippen LogP) is 1.22. The molecular weight excluding hydrogens is 200 g/mol. The molecule has 3 nitrogen and oxygen atoms in total. The number of hydrogen-bond donors (Lipinski definition) is 2. The van der Waals surface area contributed by atoms with Gasteiger partial charge in [-0.05, 0) is 58.7 Å². The van der Waals surface area contributed by atoms with Gasteiger partial charge in [0.1, 0.15) is 0 Å². The molecule has 0 amide bonds. The molecule has 2 heterocycles. The molecule has 94 valence electrons. The Morgan fingerprint density at radius 2 is 2.06 bits per heavy atom. The first-order valence-corrected chi connectivity index (χ1v) is 6.69. The first-order valence-electron chi connectivity index (χ1n) is 6.69. The van der Waals surface area contributed by atoms with E-state index in [1.54, 1.807) is 0 Å². The Morgan fingerprint density at radius 3 is 2.69 bits per heavy atom. The highest BCUT2D eigenvalue weighted by Gasteiger charge is 2.41. The number of piperidine rings is 1. The van der Waals surface area contributed by atoms with Crippen molar-refractivity contribution in [3.63, 3.8) is 0 Å². The maximum Gasteiger partial charge on any atom is 0.0746 e. The summed E-state index contributed by atoms with van der Waals surface area (Å²) in [7, 11) is 0. The minimum absolute atomic E-state index is 0.359. The molecule has 0 aromatic rings. The third-order valence-electron chi connectivity index (χ3n) is 4.28. The highest BCUT2D eigenvalue weighted by molar-refractivity contribution is 4.96. The smallest absolute Gasteiger partial charge is 0.0746 e. The predicted molar refractivity (Wildman–Crippen MR) is 66.5 cm³/mol. The standard InChI is InChI=1S/C13H26N2O/c1-10-9-14-7-6-11(10)15-8-4-5-12(15)13(2,3)16/h10-12,14,16H,4-9H2,1-3H3/t10-,11?,12-/m0/s1.